The van der Waals surface area contributed by atoms with Crippen molar-refractivity contribution in [1.29, 1.82) is 0 Å². The lowest BCUT2D eigenvalue weighted by atomic mass is 9.89. The van der Waals surface area contributed by atoms with Gasteiger partial charge in [-0.1, -0.05) is 20.8 Å². The largest absolute Gasteiger partial charge is 0.391 e. The number of nitrogens with zero attached hydrogens (tertiary/aromatic N) is 3. The lowest BCUT2D eigenvalue weighted by Gasteiger charge is -2.26. The number of aliphatic hydroxyl groups is 1. The average Bonchev–Trinajstić information content (AvgIpc) is 2.48. The highest BCUT2D eigenvalue weighted by atomic mass is 16.3. The van der Waals surface area contributed by atoms with Gasteiger partial charge in [0.05, 0.1) is 6.10 Å². The molecule has 5 nitrogen and oxygen atoms in total. The third-order valence-corrected chi connectivity index (χ3v) is 3.77. The molecule has 2 aromatic heterocycles. The van der Waals surface area contributed by atoms with Crippen LogP contribution < -0.4 is 5.32 Å². The van der Waals surface area contributed by atoms with Crippen LogP contribution in [0.3, 0.4) is 0 Å². The van der Waals surface area contributed by atoms with Crippen LogP contribution in [0.15, 0.2) is 24.5 Å². The lowest BCUT2D eigenvalue weighted by Crippen LogP contribution is -2.33. The molecule has 2 aromatic rings. The van der Waals surface area contributed by atoms with E-state index in [0.29, 0.717) is 12.4 Å². The third kappa shape index (κ3) is 3.80. The highest BCUT2D eigenvalue weighted by molar-refractivity contribution is 5.58. The van der Waals surface area contributed by atoms with E-state index in [1.54, 1.807) is 12.4 Å². The summed E-state index contributed by atoms with van der Waals surface area (Å²) >= 11 is 0. The maximum Gasteiger partial charge on any atom is 0.163 e. The number of rotatable bonds is 4. The Labute approximate surface area is 131 Å². The fourth-order valence-corrected chi connectivity index (χ4v) is 1.92. The summed E-state index contributed by atoms with van der Waals surface area (Å²) in [5.41, 5.74) is 2.62. The van der Waals surface area contributed by atoms with Gasteiger partial charge < -0.3 is 10.4 Å². The van der Waals surface area contributed by atoms with E-state index < -0.39 is 6.10 Å². The number of hydrogen-bond acceptors (Lipinski definition) is 5. The van der Waals surface area contributed by atoms with Crippen LogP contribution in [-0.2, 0) is 0 Å². The standard InChI is InChI=1S/C17H24N4O/c1-11-12(2)20-16(13-7-6-8-18-9-13)21-15(11)19-10-14(22)17(3,4)5/h6-9,14,22H,10H2,1-5H3,(H,19,20,21). The Morgan fingerprint density at radius 3 is 2.55 bits per heavy atom. The Morgan fingerprint density at radius 2 is 1.95 bits per heavy atom. The van der Waals surface area contributed by atoms with Crippen molar-refractivity contribution in [3.63, 3.8) is 0 Å². The first kappa shape index (κ1) is 16.4. The minimum Gasteiger partial charge on any atom is -0.391 e. The number of hydrogen-bond donors (Lipinski definition) is 2. The molecular weight excluding hydrogens is 276 g/mol. The Balaban J connectivity index is 2.26. The van der Waals surface area contributed by atoms with Crippen molar-refractivity contribution >= 4 is 5.82 Å². The first-order valence-corrected chi connectivity index (χ1v) is 7.46. The van der Waals surface area contributed by atoms with Crippen molar-refractivity contribution < 1.29 is 5.11 Å². The van der Waals surface area contributed by atoms with Crippen LogP contribution in [-0.4, -0.2) is 32.7 Å². The van der Waals surface area contributed by atoms with Crippen LogP contribution in [0.25, 0.3) is 11.4 Å². The SMILES string of the molecule is Cc1nc(-c2cccnc2)nc(NCC(O)C(C)(C)C)c1C. The van der Waals surface area contributed by atoms with E-state index in [1.807, 2.05) is 46.8 Å². The van der Waals surface area contributed by atoms with Gasteiger partial charge >= 0.3 is 0 Å². The maximum atomic E-state index is 10.2. The Hall–Kier alpha value is -2.01. The summed E-state index contributed by atoms with van der Waals surface area (Å²) in [6.07, 6.45) is 3.02. The van der Waals surface area contributed by atoms with E-state index in [4.69, 9.17) is 0 Å². The van der Waals surface area contributed by atoms with Crippen molar-refractivity contribution in [2.45, 2.75) is 40.7 Å². The van der Waals surface area contributed by atoms with Crippen LogP contribution >= 0.6 is 0 Å². The molecule has 0 aliphatic carbocycles. The molecule has 0 radical (unpaired) electrons. The van der Waals surface area contributed by atoms with Crippen molar-refractivity contribution in [2.24, 2.45) is 5.41 Å². The van der Waals surface area contributed by atoms with E-state index in [0.717, 1.165) is 22.6 Å². The van der Waals surface area contributed by atoms with Gasteiger partial charge in [0.25, 0.3) is 0 Å². The van der Waals surface area contributed by atoms with Crippen molar-refractivity contribution in [1.82, 2.24) is 15.0 Å². The summed E-state index contributed by atoms with van der Waals surface area (Å²) in [5.74, 6) is 1.40. The maximum absolute atomic E-state index is 10.2. The number of nitrogens with one attached hydrogen (secondary N) is 1. The van der Waals surface area contributed by atoms with Gasteiger partial charge in [0, 0.05) is 35.8 Å². The number of aromatic nitrogens is 3. The predicted octanol–water partition coefficient (Wildman–Crippen LogP) is 2.97. The second-order valence-electron chi connectivity index (χ2n) is 6.61. The molecule has 1 atom stereocenters. The van der Waals surface area contributed by atoms with Gasteiger partial charge in [0.1, 0.15) is 5.82 Å². The lowest BCUT2D eigenvalue weighted by molar-refractivity contribution is 0.0745. The first-order chi connectivity index (χ1) is 10.3. The second kappa shape index (κ2) is 6.40. The van der Waals surface area contributed by atoms with Gasteiger partial charge in [-0.2, -0.15) is 0 Å². The zero-order valence-electron chi connectivity index (χ0n) is 13.9. The summed E-state index contributed by atoms with van der Waals surface area (Å²) in [6.45, 7) is 10.4. The molecule has 2 heterocycles. The van der Waals surface area contributed by atoms with Crippen LogP contribution in [0.4, 0.5) is 5.82 Å². The zero-order chi connectivity index (χ0) is 16.3. The molecule has 0 aromatic carbocycles. The van der Waals surface area contributed by atoms with Crippen molar-refractivity contribution in [3.05, 3.63) is 35.8 Å². The van der Waals surface area contributed by atoms with E-state index in [9.17, 15) is 5.11 Å². The topological polar surface area (TPSA) is 70.9 Å². The normalized spacial score (nSPS) is 13.0. The molecule has 0 aliphatic heterocycles. The quantitative estimate of drug-likeness (QED) is 0.908. The summed E-state index contributed by atoms with van der Waals surface area (Å²) < 4.78 is 0. The second-order valence-corrected chi connectivity index (χ2v) is 6.61. The molecule has 0 bridgehead atoms. The van der Waals surface area contributed by atoms with Crippen molar-refractivity contribution in [2.75, 3.05) is 11.9 Å². The molecule has 22 heavy (non-hydrogen) atoms. The molecule has 2 rings (SSSR count). The molecule has 0 saturated carbocycles. The van der Waals surface area contributed by atoms with E-state index in [2.05, 4.69) is 20.3 Å². The zero-order valence-corrected chi connectivity index (χ0v) is 13.9. The summed E-state index contributed by atoms with van der Waals surface area (Å²) in [6, 6.07) is 3.80. The van der Waals surface area contributed by atoms with Gasteiger partial charge in [-0.25, -0.2) is 9.97 Å². The van der Waals surface area contributed by atoms with E-state index in [-0.39, 0.29) is 5.41 Å². The minimum atomic E-state index is -0.455. The average molecular weight is 300 g/mol. The fraction of sp³-hybridized carbons (Fsp3) is 0.471. The molecule has 118 valence electrons. The molecule has 0 amide bonds. The Bertz CT molecular complexity index is 635. The van der Waals surface area contributed by atoms with Crippen LogP contribution in [0.1, 0.15) is 32.0 Å². The van der Waals surface area contributed by atoms with Gasteiger partial charge in [-0.3, -0.25) is 4.98 Å². The van der Waals surface area contributed by atoms with Gasteiger partial charge in [-0.15, -0.1) is 0 Å². The molecule has 1 unspecified atom stereocenters. The highest BCUT2D eigenvalue weighted by Gasteiger charge is 2.22. The number of pyridine rings is 1. The van der Waals surface area contributed by atoms with Crippen LogP contribution in [0.2, 0.25) is 0 Å². The number of anilines is 1. The Kier molecular flexibility index (Phi) is 4.76. The summed E-state index contributed by atoms with van der Waals surface area (Å²) in [7, 11) is 0. The van der Waals surface area contributed by atoms with E-state index in [1.165, 1.54) is 0 Å². The van der Waals surface area contributed by atoms with Crippen molar-refractivity contribution in [3.8, 4) is 11.4 Å². The third-order valence-electron chi connectivity index (χ3n) is 3.77. The molecule has 0 aliphatic rings. The first-order valence-electron chi connectivity index (χ1n) is 7.46. The van der Waals surface area contributed by atoms with Crippen LogP contribution in [0.5, 0.6) is 0 Å². The van der Waals surface area contributed by atoms with Gasteiger partial charge in [-0.05, 0) is 31.4 Å². The van der Waals surface area contributed by atoms with Gasteiger partial charge in [0.2, 0.25) is 0 Å². The smallest absolute Gasteiger partial charge is 0.163 e. The minimum absolute atomic E-state index is 0.171. The molecule has 0 saturated heterocycles. The number of aliphatic hydroxyl groups excluding tert-OH is 1. The summed E-state index contributed by atoms with van der Waals surface area (Å²) in [5, 5.41) is 13.4. The molecular formula is C17H24N4O. The number of aryl methyl sites for hydroxylation is 1. The van der Waals surface area contributed by atoms with Gasteiger partial charge in [0.15, 0.2) is 5.82 Å². The Morgan fingerprint density at radius 1 is 1.23 bits per heavy atom. The molecule has 0 spiro atoms. The molecule has 0 fully saturated rings. The fourth-order valence-electron chi connectivity index (χ4n) is 1.92. The molecule has 2 N–H and O–H groups in total. The monoisotopic (exact) mass is 300 g/mol. The predicted molar refractivity (Wildman–Crippen MR) is 88.7 cm³/mol. The summed E-state index contributed by atoms with van der Waals surface area (Å²) in [4.78, 5) is 13.2. The highest BCUT2D eigenvalue weighted by Crippen LogP contribution is 2.23. The molecule has 5 heteroatoms. The van der Waals surface area contributed by atoms with Crippen LogP contribution in [0, 0.1) is 19.3 Å². The van der Waals surface area contributed by atoms with E-state index >= 15 is 0 Å².